The molecular weight excluding hydrogens is 442 g/mol. The van der Waals surface area contributed by atoms with E-state index in [2.05, 4.69) is 28.1 Å². The quantitative estimate of drug-likeness (QED) is 0.291. The first-order valence-electron chi connectivity index (χ1n) is 11.4. The van der Waals surface area contributed by atoms with Gasteiger partial charge in [-0.2, -0.15) is 0 Å². The van der Waals surface area contributed by atoms with Crippen LogP contribution in [-0.4, -0.2) is 25.0 Å². The second kappa shape index (κ2) is 12.1. The summed E-state index contributed by atoms with van der Waals surface area (Å²) in [5.41, 5.74) is 3.12. The number of anilines is 2. The molecule has 2 amide bonds. The summed E-state index contributed by atoms with van der Waals surface area (Å²) in [6.45, 7) is 0.985. The Hall–Kier alpha value is -4.52. The van der Waals surface area contributed by atoms with E-state index in [0.717, 1.165) is 17.9 Å². The second-order valence-corrected chi connectivity index (χ2v) is 7.85. The van der Waals surface area contributed by atoms with Crippen LogP contribution >= 0.6 is 0 Å². The average Bonchev–Trinajstić information content (AvgIpc) is 3.41. The van der Waals surface area contributed by atoms with Gasteiger partial charge in [0.25, 0.3) is 5.91 Å². The third kappa shape index (κ3) is 7.50. The number of benzene rings is 3. The first-order valence-corrected chi connectivity index (χ1v) is 11.4. The zero-order valence-electron chi connectivity index (χ0n) is 19.2. The van der Waals surface area contributed by atoms with Crippen LogP contribution in [0.3, 0.4) is 0 Å². The van der Waals surface area contributed by atoms with Gasteiger partial charge in [-0.05, 0) is 54.1 Å². The van der Waals surface area contributed by atoms with Crippen LogP contribution in [0.4, 0.5) is 11.4 Å². The van der Waals surface area contributed by atoms with E-state index in [4.69, 9.17) is 9.15 Å². The lowest BCUT2D eigenvalue weighted by molar-refractivity contribution is -0.114. The largest absolute Gasteiger partial charge is 0.493 e. The number of rotatable bonds is 11. The molecule has 7 nitrogen and oxygen atoms in total. The fourth-order valence-corrected chi connectivity index (χ4v) is 3.40. The van der Waals surface area contributed by atoms with Gasteiger partial charge in [0.05, 0.1) is 26.0 Å². The first kappa shape index (κ1) is 23.6. The van der Waals surface area contributed by atoms with Crippen LogP contribution in [-0.2, 0) is 17.8 Å². The molecule has 7 heteroatoms. The van der Waals surface area contributed by atoms with Crippen molar-refractivity contribution in [3.63, 3.8) is 0 Å². The Kier molecular flexibility index (Phi) is 8.16. The maximum Gasteiger partial charge on any atom is 0.251 e. The molecule has 3 N–H and O–H groups in total. The monoisotopic (exact) mass is 469 g/mol. The third-order valence-corrected chi connectivity index (χ3v) is 5.22. The summed E-state index contributed by atoms with van der Waals surface area (Å²) in [4.78, 5) is 24.6. The molecule has 3 aromatic carbocycles. The Morgan fingerprint density at radius 1 is 0.829 bits per heavy atom. The van der Waals surface area contributed by atoms with Crippen molar-refractivity contribution >= 4 is 23.2 Å². The van der Waals surface area contributed by atoms with Crippen LogP contribution in [0.15, 0.2) is 102 Å². The van der Waals surface area contributed by atoms with Crippen molar-refractivity contribution < 1.29 is 18.7 Å². The number of hydrogen-bond acceptors (Lipinski definition) is 5. The molecule has 0 bridgehead atoms. The lowest BCUT2D eigenvalue weighted by Crippen LogP contribution is -2.23. The highest BCUT2D eigenvalue weighted by Gasteiger charge is 2.08. The number of hydrogen-bond donors (Lipinski definition) is 3. The highest BCUT2D eigenvalue weighted by molar-refractivity contribution is 5.96. The van der Waals surface area contributed by atoms with E-state index in [1.54, 1.807) is 42.7 Å². The van der Waals surface area contributed by atoms with Gasteiger partial charge >= 0.3 is 0 Å². The van der Waals surface area contributed by atoms with E-state index in [1.807, 2.05) is 42.5 Å². The average molecular weight is 470 g/mol. The third-order valence-electron chi connectivity index (χ3n) is 5.22. The summed E-state index contributed by atoms with van der Waals surface area (Å²) in [6, 6.07) is 28.0. The topological polar surface area (TPSA) is 92.6 Å². The Morgan fingerprint density at radius 3 is 2.43 bits per heavy atom. The summed E-state index contributed by atoms with van der Waals surface area (Å²) in [7, 11) is 0. The molecule has 178 valence electrons. The molecule has 0 atom stereocenters. The minimum atomic E-state index is -0.216. The number of carbonyl (C=O) groups excluding carboxylic acids is 2. The van der Waals surface area contributed by atoms with E-state index >= 15 is 0 Å². The summed E-state index contributed by atoms with van der Waals surface area (Å²) in [5.74, 6) is 1.01. The lowest BCUT2D eigenvalue weighted by Gasteiger charge is -2.11. The van der Waals surface area contributed by atoms with E-state index in [1.165, 1.54) is 5.56 Å². The molecule has 0 saturated carbocycles. The number of nitrogens with one attached hydrogen (secondary N) is 3. The lowest BCUT2D eigenvalue weighted by atomic mass is 10.2. The number of carbonyl (C=O) groups is 2. The van der Waals surface area contributed by atoms with Crippen LogP contribution in [0.1, 0.15) is 21.7 Å². The smallest absolute Gasteiger partial charge is 0.251 e. The van der Waals surface area contributed by atoms with Gasteiger partial charge in [0.1, 0.15) is 11.5 Å². The van der Waals surface area contributed by atoms with Crippen LogP contribution in [0.25, 0.3) is 0 Å². The minimum Gasteiger partial charge on any atom is -0.493 e. The minimum absolute atomic E-state index is 0.0961. The summed E-state index contributed by atoms with van der Waals surface area (Å²) in [6.07, 6.45) is 2.39. The molecule has 0 aliphatic heterocycles. The van der Waals surface area contributed by atoms with Gasteiger partial charge in [-0.25, -0.2) is 0 Å². The molecule has 0 fully saturated rings. The van der Waals surface area contributed by atoms with Gasteiger partial charge in [-0.3, -0.25) is 9.59 Å². The van der Waals surface area contributed by atoms with Crippen molar-refractivity contribution in [2.45, 2.75) is 13.0 Å². The maximum absolute atomic E-state index is 12.4. The van der Waals surface area contributed by atoms with Gasteiger partial charge in [-0.1, -0.05) is 36.4 Å². The summed E-state index contributed by atoms with van der Waals surface area (Å²) >= 11 is 0. The van der Waals surface area contributed by atoms with Gasteiger partial charge in [0, 0.05) is 29.4 Å². The van der Waals surface area contributed by atoms with Gasteiger partial charge in [0.15, 0.2) is 0 Å². The molecule has 0 aliphatic rings. The highest BCUT2D eigenvalue weighted by Crippen LogP contribution is 2.18. The molecule has 0 radical (unpaired) electrons. The summed E-state index contributed by atoms with van der Waals surface area (Å²) < 4.78 is 11.0. The fraction of sp³-hybridized carbons (Fsp3) is 0.143. The maximum atomic E-state index is 12.4. The Balaban J connectivity index is 1.20. The molecule has 0 spiro atoms. The normalized spacial score (nSPS) is 10.4. The SMILES string of the molecule is O=C(CNc1cccc(OCCc2ccccc2)c1)Nc1ccc(C(=O)NCc2ccco2)cc1. The Bertz CT molecular complexity index is 1220. The molecule has 1 aromatic heterocycles. The van der Waals surface area contributed by atoms with Crippen molar-refractivity contribution in [3.05, 3.63) is 114 Å². The van der Waals surface area contributed by atoms with Crippen LogP contribution < -0.4 is 20.7 Å². The standard InChI is InChI=1S/C28H27N3O4/c32-27(31-23-13-11-22(12-14-23)28(33)30-19-26-10-5-16-34-26)20-29-24-8-4-9-25(18-24)35-17-15-21-6-2-1-3-7-21/h1-14,16,18,29H,15,17,19-20H2,(H,30,33)(H,31,32). The molecule has 0 aliphatic carbocycles. The molecule has 4 rings (SSSR count). The zero-order chi connectivity index (χ0) is 24.3. The van der Waals surface area contributed by atoms with Crippen molar-refractivity contribution in [2.75, 3.05) is 23.8 Å². The molecule has 1 heterocycles. The number of amides is 2. The van der Waals surface area contributed by atoms with Crippen molar-refractivity contribution in [1.29, 1.82) is 0 Å². The zero-order valence-corrected chi connectivity index (χ0v) is 19.2. The van der Waals surface area contributed by atoms with E-state index in [9.17, 15) is 9.59 Å². The predicted molar refractivity (Wildman–Crippen MR) is 136 cm³/mol. The molecular formula is C28H27N3O4. The van der Waals surface area contributed by atoms with Gasteiger partial charge in [-0.15, -0.1) is 0 Å². The Morgan fingerprint density at radius 2 is 1.66 bits per heavy atom. The number of ether oxygens (including phenoxy) is 1. The molecule has 35 heavy (non-hydrogen) atoms. The van der Waals surface area contributed by atoms with Crippen LogP contribution in [0, 0.1) is 0 Å². The first-order chi connectivity index (χ1) is 17.2. The number of furan rings is 1. The molecule has 4 aromatic rings. The summed E-state index contributed by atoms with van der Waals surface area (Å²) in [5, 5.41) is 8.71. The van der Waals surface area contributed by atoms with Crippen molar-refractivity contribution in [1.82, 2.24) is 5.32 Å². The Labute approximate surface area is 204 Å². The van der Waals surface area contributed by atoms with E-state index in [-0.39, 0.29) is 18.4 Å². The van der Waals surface area contributed by atoms with Crippen LogP contribution in [0.2, 0.25) is 0 Å². The van der Waals surface area contributed by atoms with Crippen LogP contribution in [0.5, 0.6) is 5.75 Å². The van der Waals surface area contributed by atoms with E-state index in [0.29, 0.717) is 30.2 Å². The fourth-order valence-electron chi connectivity index (χ4n) is 3.40. The predicted octanol–water partition coefficient (Wildman–Crippen LogP) is 4.88. The molecule has 0 unspecified atom stereocenters. The van der Waals surface area contributed by atoms with Gasteiger partial charge in [0.2, 0.25) is 5.91 Å². The van der Waals surface area contributed by atoms with Crippen molar-refractivity contribution in [2.24, 2.45) is 0 Å². The highest BCUT2D eigenvalue weighted by atomic mass is 16.5. The second-order valence-electron chi connectivity index (χ2n) is 7.85. The molecule has 0 saturated heterocycles. The van der Waals surface area contributed by atoms with Crippen molar-refractivity contribution in [3.8, 4) is 5.75 Å². The van der Waals surface area contributed by atoms with Gasteiger partial charge < -0.3 is 25.1 Å². The van der Waals surface area contributed by atoms with E-state index < -0.39 is 0 Å².